The Labute approximate surface area is 189 Å². The van der Waals surface area contributed by atoms with Crippen molar-refractivity contribution in [3.63, 3.8) is 0 Å². The summed E-state index contributed by atoms with van der Waals surface area (Å²) in [5.74, 6) is -1.67. The molecule has 2 aliphatic rings. The molecular weight excluding hydrogens is 486 g/mol. The number of aliphatic carboxylic acids is 2. The molecule has 0 aromatic heterocycles. The van der Waals surface area contributed by atoms with Gasteiger partial charge in [0.2, 0.25) is 5.36 Å². The zero-order chi connectivity index (χ0) is 21.4. The molecule has 2 N–H and O–H groups in total. The number of carboxylic acid groups (broad SMARTS) is 2. The molecule has 1 aliphatic heterocycles. The standard InChI is InChI=1S/C16H18N3S.2C2H4O2.Ag/c1-18(2)11-5-7-13-15(9-11)20-16-10-12(19(3)4)6-8-14(16)17-13;2*1-2(3)4;/h5-10H,1-4H3;2*1H3,(H,3,4);/q+1;;;+1. The molecule has 0 unspecified atom stereocenters. The summed E-state index contributed by atoms with van der Waals surface area (Å²) >= 11 is 1.80. The van der Waals surface area contributed by atoms with Gasteiger partial charge >= 0.3 is 22.4 Å². The van der Waals surface area contributed by atoms with Gasteiger partial charge < -0.3 is 15.1 Å². The Balaban J connectivity index is 0.000000752. The van der Waals surface area contributed by atoms with Crippen molar-refractivity contribution in [1.82, 2.24) is 9.56 Å². The zero-order valence-electron chi connectivity index (χ0n) is 17.2. The first kappa shape index (κ1) is 26.7. The Morgan fingerprint density at radius 3 is 2.03 bits per heavy atom. The Bertz CT molecular complexity index is 994. The van der Waals surface area contributed by atoms with Crippen LogP contribution in [0.5, 0.6) is 0 Å². The van der Waals surface area contributed by atoms with E-state index >= 15 is 0 Å². The molecule has 0 bridgehead atoms. The van der Waals surface area contributed by atoms with Crippen LogP contribution in [0.3, 0.4) is 0 Å². The van der Waals surface area contributed by atoms with Crippen molar-refractivity contribution in [2.75, 3.05) is 33.1 Å². The van der Waals surface area contributed by atoms with Crippen molar-refractivity contribution in [1.29, 1.82) is 0 Å². The summed E-state index contributed by atoms with van der Waals surface area (Å²) in [7, 11) is 8.24. The van der Waals surface area contributed by atoms with Gasteiger partial charge in [-0.1, -0.05) is 0 Å². The summed E-state index contributed by atoms with van der Waals surface area (Å²) in [6.45, 7) is 2.17. The normalized spacial score (nSPS) is 9.31. The number of hydrogen-bond acceptors (Lipinski definition) is 5. The van der Waals surface area contributed by atoms with E-state index in [1.54, 1.807) is 11.3 Å². The fraction of sp³-hybridized carbons (Fsp3) is 0.300. The minimum Gasteiger partial charge on any atom is -0.481 e. The number of benzene rings is 2. The van der Waals surface area contributed by atoms with Gasteiger partial charge in [-0.25, -0.2) is 9.56 Å². The van der Waals surface area contributed by atoms with E-state index in [9.17, 15) is 0 Å². The van der Waals surface area contributed by atoms with E-state index in [0.29, 0.717) is 0 Å². The molecule has 3 rings (SSSR count). The van der Waals surface area contributed by atoms with Gasteiger partial charge in [-0.2, -0.15) is 0 Å². The Hall–Kier alpha value is -2.26. The second-order valence-corrected chi connectivity index (χ2v) is 7.43. The average molecular weight is 512 g/mol. The van der Waals surface area contributed by atoms with Crippen LogP contribution in [0.25, 0.3) is 20.8 Å². The molecule has 0 saturated heterocycles. The molecular formula is C20H26AgN3O4S+2. The number of hydrogen-bond donors (Lipinski definition) is 2. The molecule has 0 fully saturated rings. The fourth-order valence-electron chi connectivity index (χ4n) is 2.16. The van der Waals surface area contributed by atoms with Gasteiger partial charge in [-0.05, 0) is 24.3 Å². The van der Waals surface area contributed by atoms with Gasteiger partial charge in [-0.3, -0.25) is 9.59 Å². The summed E-state index contributed by atoms with van der Waals surface area (Å²) in [5, 5.41) is 16.0. The molecule has 0 amide bonds. The zero-order valence-corrected chi connectivity index (χ0v) is 19.5. The van der Waals surface area contributed by atoms with Crippen molar-refractivity contribution in [3.05, 3.63) is 41.8 Å². The smallest absolute Gasteiger partial charge is 0.481 e. The van der Waals surface area contributed by atoms with Gasteiger partial charge in [0.05, 0.1) is 20.8 Å². The Morgan fingerprint density at radius 2 is 1.55 bits per heavy atom. The predicted molar refractivity (Wildman–Crippen MR) is 114 cm³/mol. The van der Waals surface area contributed by atoms with E-state index in [4.69, 9.17) is 24.8 Å². The van der Waals surface area contributed by atoms with Crippen molar-refractivity contribution < 1.29 is 42.2 Å². The molecule has 1 heterocycles. The predicted octanol–water partition coefficient (Wildman–Crippen LogP) is 2.68. The van der Waals surface area contributed by atoms with Crippen molar-refractivity contribution >= 4 is 39.2 Å². The minimum absolute atomic E-state index is 0. The van der Waals surface area contributed by atoms with E-state index < -0.39 is 11.9 Å². The monoisotopic (exact) mass is 511 g/mol. The largest absolute Gasteiger partial charge is 1.00 e. The maximum atomic E-state index is 9.00. The first-order valence-corrected chi connectivity index (χ1v) is 9.24. The Kier molecular flexibility index (Phi) is 11.4. The van der Waals surface area contributed by atoms with Crippen LogP contribution in [0.1, 0.15) is 13.8 Å². The van der Waals surface area contributed by atoms with Crippen LogP contribution in [0.4, 0.5) is 5.69 Å². The molecule has 0 saturated carbocycles. The van der Waals surface area contributed by atoms with E-state index in [0.717, 1.165) is 25.1 Å². The quantitative estimate of drug-likeness (QED) is 0.296. The number of anilines is 1. The molecule has 9 heteroatoms. The number of fused-ring (bicyclic) bond motifs is 2. The summed E-state index contributed by atoms with van der Waals surface area (Å²) < 4.78 is 3.34. The average Bonchev–Trinajstić information content (AvgIpc) is 2.57. The molecule has 1 aromatic carbocycles. The van der Waals surface area contributed by atoms with E-state index in [1.165, 1.54) is 20.6 Å². The number of carboxylic acids is 2. The van der Waals surface area contributed by atoms with Crippen LogP contribution in [0, 0.1) is 0 Å². The SMILES string of the molecule is CC(=O)O.CC(=O)O.CN(C)c1ccc2nc3ccc(=[N+](C)C)cc-3sc2c1.[Ag+]. The number of rotatable bonds is 1. The third-order valence-corrected chi connectivity index (χ3v) is 4.47. The van der Waals surface area contributed by atoms with E-state index in [-0.39, 0.29) is 22.4 Å². The summed E-state index contributed by atoms with van der Waals surface area (Å²) in [4.78, 5) is 26.1. The molecule has 0 radical (unpaired) electrons. The molecule has 1 aliphatic carbocycles. The van der Waals surface area contributed by atoms with Crippen molar-refractivity contribution in [2.24, 2.45) is 0 Å². The number of carbonyl (C=O) groups is 2. The van der Waals surface area contributed by atoms with E-state index in [1.807, 2.05) is 0 Å². The van der Waals surface area contributed by atoms with Crippen LogP contribution in [-0.4, -0.2) is 55.3 Å². The minimum atomic E-state index is -0.833. The third kappa shape index (κ3) is 9.19. The molecule has 29 heavy (non-hydrogen) atoms. The van der Waals surface area contributed by atoms with Crippen LogP contribution < -0.4 is 14.8 Å². The summed E-state index contributed by atoms with van der Waals surface area (Å²) in [6, 6.07) is 12.8. The molecule has 7 nitrogen and oxygen atoms in total. The first-order valence-electron chi connectivity index (χ1n) is 8.42. The topological polar surface area (TPSA) is 93.7 Å². The number of nitrogens with zero attached hydrogens (tertiary/aromatic N) is 3. The van der Waals surface area contributed by atoms with Crippen molar-refractivity contribution in [3.8, 4) is 10.6 Å². The molecule has 0 atom stereocenters. The fourth-order valence-corrected chi connectivity index (χ4v) is 3.19. The third-order valence-electron chi connectivity index (χ3n) is 3.38. The second kappa shape index (κ2) is 12.3. The summed E-state index contributed by atoms with van der Waals surface area (Å²) in [5.41, 5.74) is 3.33. The number of aromatic nitrogens is 1. The van der Waals surface area contributed by atoms with Gasteiger partial charge in [0.25, 0.3) is 11.9 Å². The van der Waals surface area contributed by atoms with Crippen LogP contribution in [0.2, 0.25) is 0 Å². The van der Waals surface area contributed by atoms with Gasteiger partial charge in [0.15, 0.2) is 0 Å². The van der Waals surface area contributed by atoms with Gasteiger partial charge in [0, 0.05) is 45.8 Å². The molecule has 0 spiro atoms. The van der Waals surface area contributed by atoms with Crippen molar-refractivity contribution in [2.45, 2.75) is 13.8 Å². The summed E-state index contributed by atoms with van der Waals surface area (Å²) in [6.07, 6.45) is 0. The maximum absolute atomic E-state index is 9.00. The van der Waals surface area contributed by atoms with Gasteiger partial charge in [-0.15, -0.1) is 11.3 Å². The maximum Gasteiger partial charge on any atom is 1.00 e. The van der Waals surface area contributed by atoms with Crippen LogP contribution in [0.15, 0.2) is 36.4 Å². The molecule has 160 valence electrons. The Morgan fingerprint density at radius 1 is 1.00 bits per heavy atom. The molecule has 1 aromatic rings. The van der Waals surface area contributed by atoms with Crippen LogP contribution in [-0.2, 0) is 32.0 Å². The second-order valence-electron chi connectivity index (χ2n) is 6.34. The van der Waals surface area contributed by atoms with Gasteiger partial charge in [0.1, 0.15) is 14.1 Å². The van der Waals surface area contributed by atoms with E-state index in [2.05, 4.69) is 74.1 Å². The van der Waals surface area contributed by atoms with Crippen LogP contribution >= 0.6 is 11.3 Å². The first-order chi connectivity index (χ1) is 13.0.